The maximum Gasteiger partial charge on any atom is 0.328 e. The van der Waals surface area contributed by atoms with Gasteiger partial charge in [0.05, 0.1) is 5.56 Å². The number of hydrogen-bond donors (Lipinski definition) is 2. The quantitative estimate of drug-likeness (QED) is 0.676. The zero-order valence-electron chi connectivity index (χ0n) is 16.1. The molecule has 158 valence electrons. The van der Waals surface area contributed by atoms with Crippen LogP contribution in [0, 0.1) is 0 Å². The summed E-state index contributed by atoms with van der Waals surface area (Å²) >= 11 is 7.83. The van der Waals surface area contributed by atoms with Crippen LogP contribution in [0.5, 0.6) is 11.5 Å². The summed E-state index contributed by atoms with van der Waals surface area (Å²) in [7, 11) is 2.15. The summed E-state index contributed by atoms with van der Waals surface area (Å²) in [5.74, 6) is -0.0570. The maximum absolute atomic E-state index is 9.55. The molecule has 8 nitrogen and oxygen atoms in total. The first-order valence-corrected chi connectivity index (χ1v) is 10.3. The number of benzene rings is 1. The third-order valence-corrected chi connectivity index (χ3v) is 5.60. The van der Waals surface area contributed by atoms with E-state index in [0.717, 1.165) is 54.8 Å². The highest BCUT2D eigenvalue weighted by molar-refractivity contribution is 7.15. The zero-order chi connectivity index (χ0) is 21.7. The molecule has 30 heavy (non-hydrogen) atoms. The highest BCUT2D eigenvalue weighted by atomic mass is 35.5. The SMILES string of the molecule is CN1CCN(C2=Nc3ccccc3Oc3c2csc3Cl)CC1.O=C(O)C=CC(=O)O. The van der Waals surface area contributed by atoms with E-state index in [0.29, 0.717) is 16.5 Å². The van der Waals surface area contributed by atoms with Crippen LogP contribution < -0.4 is 4.74 Å². The van der Waals surface area contributed by atoms with Gasteiger partial charge in [-0.15, -0.1) is 11.3 Å². The van der Waals surface area contributed by atoms with Crippen molar-refractivity contribution in [3.8, 4) is 11.5 Å². The molecular formula is C20H20ClN3O5S. The van der Waals surface area contributed by atoms with Gasteiger partial charge >= 0.3 is 11.9 Å². The summed E-state index contributed by atoms with van der Waals surface area (Å²) in [6.07, 6.45) is 1.12. The molecule has 2 N–H and O–H groups in total. The van der Waals surface area contributed by atoms with Crippen LogP contribution in [0.2, 0.25) is 4.34 Å². The number of aliphatic carboxylic acids is 2. The lowest BCUT2D eigenvalue weighted by Gasteiger charge is -2.34. The Morgan fingerprint density at radius 2 is 1.77 bits per heavy atom. The number of fused-ring (bicyclic) bond motifs is 2. The Balaban J connectivity index is 0.000000275. The van der Waals surface area contributed by atoms with Crippen molar-refractivity contribution in [3.63, 3.8) is 0 Å². The van der Waals surface area contributed by atoms with E-state index in [9.17, 15) is 9.59 Å². The van der Waals surface area contributed by atoms with Gasteiger partial charge in [0.25, 0.3) is 0 Å². The van der Waals surface area contributed by atoms with E-state index < -0.39 is 11.9 Å². The minimum Gasteiger partial charge on any atom is -0.478 e. The molecule has 2 aliphatic rings. The van der Waals surface area contributed by atoms with E-state index in [1.165, 1.54) is 11.3 Å². The number of thiophene rings is 1. The van der Waals surface area contributed by atoms with Crippen LogP contribution in [0.1, 0.15) is 5.56 Å². The molecule has 0 unspecified atom stereocenters. The van der Waals surface area contributed by atoms with Gasteiger partial charge in [-0.25, -0.2) is 14.6 Å². The lowest BCUT2D eigenvalue weighted by Crippen LogP contribution is -2.47. The zero-order valence-corrected chi connectivity index (χ0v) is 17.7. The van der Waals surface area contributed by atoms with E-state index in [1.54, 1.807) is 0 Å². The second kappa shape index (κ2) is 9.75. The van der Waals surface area contributed by atoms with Crippen molar-refractivity contribution in [2.75, 3.05) is 33.2 Å². The number of nitrogens with zero attached hydrogens (tertiary/aromatic N) is 3. The van der Waals surface area contributed by atoms with E-state index in [4.69, 9.17) is 31.5 Å². The molecule has 1 aromatic carbocycles. The number of aliphatic imine (C=N–C) groups is 1. The Morgan fingerprint density at radius 3 is 2.40 bits per heavy atom. The van der Waals surface area contributed by atoms with Gasteiger partial charge < -0.3 is 24.7 Å². The van der Waals surface area contributed by atoms with Crippen LogP contribution in [-0.4, -0.2) is 71.0 Å². The summed E-state index contributed by atoms with van der Waals surface area (Å²) < 4.78 is 6.72. The molecule has 0 aliphatic carbocycles. The van der Waals surface area contributed by atoms with Crippen LogP contribution in [0.4, 0.5) is 5.69 Å². The monoisotopic (exact) mass is 449 g/mol. The second-order valence-electron chi connectivity index (χ2n) is 6.56. The number of carboxylic acids is 2. The van der Waals surface area contributed by atoms with Gasteiger partial charge in [-0.05, 0) is 19.2 Å². The average molecular weight is 450 g/mol. The molecule has 0 bridgehead atoms. The minimum atomic E-state index is -1.26. The number of likely N-dealkylation sites (N-methyl/N-ethyl adjacent to an activating group) is 1. The van der Waals surface area contributed by atoms with Crippen LogP contribution >= 0.6 is 22.9 Å². The van der Waals surface area contributed by atoms with Crippen LogP contribution in [-0.2, 0) is 9.59 Å². The van der Waals surface area contributed by atoms with Gasteiger partial charge in [-0.3, -0.25) is 0 Å². The fraction of sp³-hybridized carbons (Fsp3) is 0.250. The Labute approximate surface area is 182 Å². The molecule has 10 heteroatoms. The predicted molar refractivity (Wildman–Crippen MR) is 116 cm³/mol. The highest BCUT2D eigenvalue weighted by Crippen LogP contribution is 2.44. The van der Waals surface area contributed by atoms with Gasteiger partial charge in [0.2, 0.25) is 0 Å². The summed E-state index contributed by atoms with van der Waals surface area (Å²) in [5.41, 5.74) is 1.85. The first-order chi connectivity index (χ1) is 14.3. The maximum atomic E-state index is 9.55. The number of rotatable bonds is 2. The molecule has 0 saturated carbocycles. The number of piperazine rings is 1. The second-order valence-corrected chi connectivity index (χ2v) is 8.04. The average Bonchev–Trinajstić information content (AvgIpc) is 2.98. The Hall–Kier alpha value is -2.88. The largest absolute Gasteiger partial charge is 0.478 e. The summed E-state index contributed by atoms with van der Waals surface area (Å²) in [6, 6.07) is 7.85. The normalized spacial score (nSPS) is 15.8. The number of carbonyl (C=O) groups is 2. The van der Waals surface area contributed by atoms with Crippen LogP contribution in [0.15, 0.2) is 46.8 Å². The Bertz CT molecular complexity index is 980. The van der Waals surface area contributed by atoms with Gasteiger partial charge in [-0.1, -0.05) is 23.7 Å². The lowest BCUT2D eigenvalue weighted by atomic mass is 10.2. The van der Waals surface area contributed by atoms with Crippen LogP contribution in [0.25, 0.3) is 0 Å². The Kier molecular flexibility index (Phi) is 7.09. The summed E-state index contributed by atoms with van der Waals surface area (Å²) in [6.45, 7) is 4.00. The van der Waals surface area contributed by atoms with Crippen molar-refractivity contribution < 1.29 is 24.5 Å². The first kappa shape index (κ1) is 21.8. The van der Waals surface area contributed by atoms with E-state index >= 15 is 0 Å². The predicted octanol–water partition coefficient (Wildman–Crippen LogP) is 3.54. The molecule has 1 saturated heterocycles. The van der Waals surface area contributed by atoms with Gasteiger partial charge in [0.1, 0.15) is 15.9 Å². The first-order valence-electron chi connectivity index (χ1n) is 9.05. The molecule has 4 rings (SSSR count). The molecule has 2 aromatic rings. The van der Waals surface area contributed by atoms with Crippen molar-refractivity contribution in [1.82, 2.24) is 9.80 Å². The summed E-state index contributed by atoms with van der Waals surface area (Å²) in [5, 5.41) is 17.7. The molecule has 1 aromatic heterocycles. The highest BCUT2D eigenvalue weighted by Gasteiger charge is 2.27. The topological polar surface area (TPSA) is 103 Å². The van der Waals surface area contributed by atoms with Crippen molar-refractivity contribution in [2.24, 2.45) is 4.99 Å². The van der Waals surface area contributed by atoms with Gasteiger partial charge in [0, 0.05) is 43.7 Å². The summed E-state index contributed by atoms with van der Waals surface area (Å²) in [4.78, 5) is 28.7. The number of hydrogen-bond acceptors (Lipinski definition) is 7. The van der Waals surface area contributed by atoms with E-state index in [1.807, 2.05) is 29.6 Å². The third-order valence-electron chi connectivity index (χ3n) is 4.42. The Morgan fingerprint density at radius 1 is 1.13 bits per heavy atom. The number of halogens is 1. The van der Waals surface area contributed by atoms with Crippen molar-refractivity contribution in [1.29, 1.82) is 0 Å². The number of ether oxygens (including phenoxy) is 1. The van der Waals surface area contributed by atoms with E-state index in [-0.39, 0.29) is 0 Å². The number of para-hydroxylation sites is 2. The molecule has 0 spiro atoms. The standard InChI is InChI=1S/C16H16ClN3OS.C4H4O4/c1-19-6-8-20(9-7-19)16-11-10-22-15(17)14(11)21-13-5-3-2-4-12(13)18-16;5-3(6)1-2-4(7)8/h2-5,10H,6-9H2,1H3;1-2H,(H,5,6)(H,7,8). The molecule has 0 amide bonds. The molecule has 0 radical (unpaired) electrons. The van der Waals surface area contributed by atoms with Crippen molar-refractivity contribution in [2.45, 2.75) is 0 Å². The smallest absolute Gasteiger partial charge is 0.328 e. The fourth-order valence-electron chi connectivity index (χ4n) is 2.89. The van der Waals surface area contributed by atoms with Gasteiger partial charge in [-0.2, -0.15) is 0 Å². The van der Waals surface area contributed by atoms with E-state index in [2.05, 4.69) is 16.8 Å². The van der Waals surface area contributed by atoms with Crippen molar-refractivity contribution in [3.05, 3.63) is 51.7 Å². The minimum absolute atomic E-state index is 0.558. The molecular weight excluding hydrogens is 430 g/mol. The fourth-order valence-corrected chi connectivity index (χ4v) is 3.86. The molecule has 3 heterocycles. The molecule has 0 atom stereocenters. The molecule has 1 fully saturated rings. The third kappa shape index (κ3) is 5.38. The number of amidine groups is 1. The van der Waals surface area contributed by atoms with Crippen LogP contribution in [0.3, 0.4) is 0 Å². The lowest BCUT2D eigenvalue weighted by molar-refractivity contribution is -0.134. The number of carboxylic acid groups (broad SMARTS) is 2. The van der Waals surface area contributed by atoms with Gasteiger partial charge in [0.15, 0.2) is 11.5 Å². The molecule has 2 aliphatic heterocycles. The van der Waals surface area contributed by atoms with Crippen molar-refractivity contribution >= 4 is 46.4 Å².